The van der Waals surface area contributed by atoms with E-state index in [0.29, 0.717) is 0 Å². The zero-order valence-electron chi connectivity index (χ0n) is 32.5. The summed E-state index contributed by atoms with van der Waals surface area (Å²) in [6.45, 7) is 34.7. The number of hydrogen-bond donors (Lipinski definition) is 0. The first kappa shape index (κ1) is 59.5. The van der Waals surface area contributed by atoms with E-state index in [1.165, 1.54) is 103 Å². The average molecular weight is 690 g/mol. The Morgan fingerprint density at radius 3 is 0.419 bits per heavy atom. The third kappa shape index (κ3) is 35.8. The van der Waals surface area contributed by atoms with Crippen molar-refractivity contribution < 1.29 is 32.7 Å². The summed E-state index contributed by atoms with van der Waals surface area (Å²) in [5, 5.41) is 0. The summed E-state index contributed by atoms with van der Waals surface area (Å²) >= 11 is 0. The molecule has 0 amide bonds. The third-order valence-electron chi connectivity index (χ3n) is 9.37. The van der Waals surface area contributed by atoms with Crippen molar-refractivity contribution >= 4 is 0 Å². The quantitative estimate of drug-likeness (QED) is 0.276. The van der Waals surface area contributed by atoms with Gasteiger partial charge in [-0.25, -0.2) is 0 Å². The van der Waals surface area contributed by atoms with Crippen molar-refractivity contribution in [3.05, 3.63) is 0 Å². The average Bonchev–Trinajstić information content (AvgIpc) is 3.81. The Labute approximate surface area is 306 Å². The largest absolute Gasteiger partial charge is 0.0776 e. The summed E-state index contributed by atoms with van der Waals surface area (Å²) < 4.78 is 0. The summed E-state index contributed by atoms with van der Waals surface area (Å²) in [6.07, 6.45) is 23.9. The SMILES string of the molecule is C.C.CC.CC.CC.CC.CC(C)C1CCCC1.CC(C)C1CCCC1.CC(C)C1CCCC1.CC(C)C1CCCC1.[Y]. The van der Waals surface area contributed by atoms with Gasteiger partial charge in [0.05, 0.1) is 0 Å². The molecule has 0 aromatic rings. The Morgan fingerprint density at radius 1 is 0.279 bits per heavy atom. The molecule has 0 aromatic heterocycles. The summed E-state index contributed by atoms with van der Waals surface area (Å²) in [5.74, 6) is 8.03. The van der Waals surface area contributed by atoms with Crippen LogP contribution in [0, 0.1) is 47.3 Å². The molecule has 4 aliphatic rings. The fourth-order valence-corrected chi connectivity index (χ4v) is 6.50. The van der Waals surface area contributed by atoms with Crippen LogP contribution in [0.25, 0.3) is 0 Å². The van der Waals surface area contributed by atoms with Crippen LogP contribution in [-0.2, 0) is 32.7 Å². The van der Waals surface area contributed by atoms with Gasteiger partial charge in [0, 0.05) is 32.7 Å². The Morgan fingerprint density at radius 2 is 0.372 bits per heavy atom. The van der Waals surface area contributed by atoms with Gasteiger partial charge in [0.2, 0.25) is 0 Å². The van der Waals surface area contributed by atoms with Gasteiger partial charge in [0.1, 0.15) is 0 Å². The van der Waals surface area contributed by atoms with Crippen LogP contribution in [0.1, 0.15) is 228 Å². The molecule has 0 unspecified atom stereocenters. The molecule has 4 fully saturated rings. The van der Waals surface area contributed by atoms with E-state index < -0.39 is 0 Å². The van der Waals surface area contributed by atoms with Crippen LogP contribution in [0.15, 0.2) is 0 Å². The predicted octanol–water partition coefficient (Wildman–Crippen LogP) is 16.7. The summed E-state index contributed by atoms with van der Waals surface area (Å²) in [7, 11) is 0. The van der Waals surface area contributed by atoms with E-state index in [9.17, 15) is 0 Å². The molecule has 0 nitrogen and oxygen atoms in total. The zero-order valence-corrected chi connectivity index (χ0v) is 35.3. The minimum atomic E-state index is 0. The normalized spacial score (nSPS) is 17.6. The van der Waals surface area contributed by atoms with Crippen molar-refractivity contribution in [3.63, 3.8) is 0 Å². The van der Waals surface area contributed by atoms with E-state index in [1.807, 2.05) is 55.4 Å². The molecule has 0 bridgehead atoms. The van der Waals surface area contributed by atoms with E-state index in [-0.39, 0.29) is 47.6 Å². The van der Waals surface area contributed by atoms with E-state index in [2.05, 4.69) is 55.4 Å². The van der Waals surface area contributed by atoms with Crippen LogP contribution in [0.3, 0.4) is 0 Å². The van der Waals surface area contributed by atoms with Crippen molar-refractivity contribution in [2.45, 2.75) is 228 Å². The van der Waals surface area contributed by atoms with Crippen molar-refractivity contribution in [2.75, 3.05) is 0 Å². The third-order valence-corrected chi connectivity index (χ3v) is 9.37. The fourth-order valence-electron chi connectivity index (χ4n) is 6.50. The van der Waals surface area contributed by atoms with Crippen LogP contribution < -0.4 is 0 Å². The molecule has 0 spiro atoms. The number of rotatable bonds is 4. The van der Waals surface area contributed by atoms with Crippen LogP contribution >= 0.6 is 0 Å². The van der Waals surface area contributed by atoms with Gasteiger partial charge in [-0.1, -0.05) is 228 Å². The smallest absolute Gasteiger partial charge is 0 e. The maximum Gasteiger partial charge on any atom is 0 e. The van der Waals surface area contributed by atoms with E-state index >= 15 is 0 Å². The molecular formula is C42H96Y. The van der Waals surface area contributed by atoms with Gasteiger partial charge in [0.15, 0.2) is 0 Å². The molecule has 1 radical (unpaired) electrons. The van der Waals surface area contributed by atoms with Crippen molar-refractivity contribution in [1.82, 2.24) is 0 Å². The molecule has 43 heavy (non-hydrogen) atoms. The monoisotopic (exact) mass is 690 g/mol. The molecule has 4 aliphatic carbocycles. The zero-order chi connectivity index (χ0) is 31.9. The van der Waals surface area contributed by atoms with Crippen LogP contribution in [0.5, 0.6) is 0 Å². The van der Waals surface area contributed by atoms with Gasteiger partial charge in [-0.05, 0) is 47.3 Å². The van der Waals surface area contributed by atoms with Gasteiger partial charge in [-0.3, -0.25) is 0 Å². The molecule has 0 aliphatic heterocycles. The second-order valence-corrected chi connectivity index (χ2v) is 13.2. The number of hydrogen-bond acceptors (Lipinski definition) is 0. The molecule has 0 atom stereocenters. The second kappa shape index (κ2) is 45.2. The van der Waals surface area contributed by atoms with Crippen molar-refractivity contribution in [2.24, 2.45) is 47.3 Å². The predicted molar refractivity (Wildman–Crippen MR) is 206 cm³/mol. The summed E-state index contributed by atoms with van der Waals surface area (Å²) in [6, 6.07) is 0. The minimum Gasteiger partial charge on any atom is -0.0776 e. The second-order valence-electron chi connectivity index (χ2n) is 13.2. The maximum absolute atomic E-state index is 2.34. The standard InChI is InChI=1S/4C8H16.4C2H6.2CH4.Y/c4*1-7(2)8-5-3-4-6-8;4*1-2;;;/h4*7-8H,3-6H2,1-2H3;4*1-2H3;2*1H4;. The minimum absolute atomic E-state index is 0. The molecule has 0 saturated heterocycles. The van der Waals surface area contributed by atoms with Gasteiger partial charge in [-0.15, -0.1) is 0 Å². The van der Waals surface area contributed by atoms with Gasteiger partial charge < -0.3 is 0 Å². The molecule has 0 aromatic carbocycles. The van der Waals surface area contributed by atoms with E-state index in [0.717, 1.165) is 47.3 Å². The van der Waals surface area contributed by atoms with Gasteiger partial charge in [0.25, 0.3) is 0 Å². The van der Waals surface area contributed by atoms with Crippen LogP contribution in [0.4, 0.5) is 0 Å². The molecule has 267 valence electrons. The summed E-state index contributed by atoms with van der Waals surface area (Å²) in [5.41, 5.74) is 0. The molecule has 4 rings (SSSR count). The van der Waals surface area contributed by atoms with Crippen molar-refractivity contribution in [1.29, 1.82) is 0 Å². The van der Waals surface area contributed by atoms with E-state index in [4.69, 9.17) is 0 Å². The molecular weight excluding hydrogens is 593 g/mol. The first-order valence-electron chi connectivity index (χ1n) is 19.2. The van der Waals surface area contributed by atoms with Crippen LogP contribution in [-0.4, -0.2) is 0 Å². The Kier molecular flexibility index (Phi) is 62.6. The Hall–Kier alpha value is 1.10. The molecule has 4 saturated carbocycles. The summed E-state index contributed by atoms with van der Waals surface area (Å²) in [4.78, 5) is 0. The van der Waals surface area contributed by atoms with Crippen LogP contribution in [0.2, 0.25) is 0 Å². The molecule has 0 heterocycles. The maximum atomic E-state index is 2.34. The first-order chi connectivity index (χ1) is 19.2. The van der Waals surface area contributed by atoms with Gasteiger partial charge in [-0.2, -0.15) is 0 Å². The Balaban J connectivity index is -0.0000000729. The topological polar surface area (TPSA) is 0 Å². The van der Waals surface area contributed by atoms with Crippen molar-refractivity contribution in [3.8, 4) is 0 Å². The molecule has 1 heteroatoms. The molecule has 0 N–H and O–H groups in total. The fraction of sp³-hybridized carbons (Fsp3) is 1.00. The van der Waals surface area contributed by atoms with Gasteiger partial charge >= 0.3 is 0 Å². The van der Waals surface area contributed by atoms with E-state index in [1.54, 1.807) is 0 Å². The first-order valence-corrected chi connectivity index (χ1v) is 19.2. The Bertz CT molecular complexity index is 321.